The van der Waals surface area contributed by atoms with Crippen molar-refractivity contribution in [1.82, 2.24) is 19.9 Å². The third kappa shape index (κ3) is 3.30. The summed E-state index contributed by atoms with van der Waals surface area (Å²) in [6.45, 7) is 0.925. The van der Waals surface area contributed by atoms with E-state index in [-0.39, 0.29) is 12.2 Å². The van der Waals surface area contributed by atoms with Crippen LogP contribution in [0.1, 0.15) is 16.9 Å². The Labute approximate surface area is 127 Å². The SMILES string of the molecule is C#CCNC(=O)c1nc2cccnc2n(CCCOC)c1=O. The molecule has 0 aliphatic heterocycles. The number of carbonyl (C=O) groups excluding carboxylic acids is 1. The first kappa shape index (κ1) is 15.7. The summed E-state index contributed by atoms with van der Waals surface area (Å²) in [6.07, 6.45) is 7.30. The van der Waals surface area contributed by atoms with Gasteiger partial charge in [-0.2, -0.15) is 0 Å². The van der Waals surface area contributed by atoms with Crippen LogP contribution in [0.2, 0.25) is 0 Å². The average Bonchev–Trinajstić information content (AvgIpc) is 2.54. The zero-order valence-electron chi connectivity index (χ0n) is 12.2. The topological polar surface area (TPSA) is 86.1 Å². The van der Waals surface area contributed by atoms with Crippen LogP contribution in [0.15, 0.2) is 23.1 Å². The molecule has 7 nitrogen and oxygen atoms in total. The first-order valence-corrected chi connectivity index (χ1v) is 6.75. The maximum Gasteiger partial charge on any atom is 0.283 e. The highest BCUT2D eigenvalue weighted by Crippen LogP contribution is 2.07. The summed E-state index contributed by atoms with van der Waals surface area (Å²) in [4.78, 5) is 32.8. The van der Waals surface area contributed by atoms with Crippen LogP contribution in [0.3, 0.4) is 0 Å². The molecule has 1 N–H and O–H groups in total. The lowest BCUT2D eigenvalue weighted by Gasteiger charge is -2.10. The van der Waals surface area contributed by atoms with Crippen LogP contribution in [-0.4, -0.2) is 40.7 Å². The predicted octanol–water partition coefficient (Wildman–Crippen LogP) is 0.191. The Morgan fingerprint density at radius 2 is 2.36 bits per heavy atom. The van der Waals surface area contributed by atoms with Crippen LogP contribution < -0.4 is 10.9 Å². The Kier molecular flexibility index (Phi) is 5.22. The van der Waals surface area contributed by atoms with Gasteiger partial charge in [0.1, 0.15) is 5.52 Å². The van der Waals surface area contributed by atoms with Crippen molar-refractivity contribution in [3.63, 3.8) is 0 Å². The van der Waals surface area contributed by atoms with Gasteiger partial charge in [0.05, 0.1) is 6.54 Å². The van der Waals surface area contributed by atoms with E-state index in [4.69, 9.17) is 11.2 Å². The van der Waals surface area contributed by atoms with E-state index in [0.717, 1.165) is 0 Å². The largest absolute Gasteiger partial charge is 0.385 e. The molecule has 0 spiro atoms. The number of amides is 1. The number of hydrogen-bond donors (Lipinski definition) is 1. The number of fused-ring (bicyclic) bond motifs is 1. The number of methoxy groups -OCH3 is 1. The number of nitrogens with zero attached hydrogens (tertiary/aromatic N) is 3. The van der Waals surface area contributed by atoms with Gasteiger partial charge in [0.15, 0.2) is 11.3 Å². The maximum absolute atomic E-state index is 12.5. The Hall–Kier alpha value is -2.72. The molecule has 7 heteroatoms. The van der Waals surface area contributed by atoms with Crippen molar-refractivity contribution in [2.24, 2.45) is 0 Å². The number of aromatic nitrogens is 3. The van der Waals surface area contributed by atoms with E-state index < -0.39 is 11.5 Å². The van der Waals surface area contributed by atoms with Gasteiger partial charge in [-0.05, 0) is 18.6 Å². The van der Waals surface area contributed by atoms with Gasteiger partial charge in [0, 0.05) is 26.5 Å². The second-order valence-electron chi connectivity index (χ2n) is 4.50. The lowest BCUT2D eigenvalue weighted by atomic mass is 10.3. The van der Waals surface area contributed by atoms with Crippen molar-refractivity contribution in [2.75, 3.05) is 20.3 Å². The fourth-order valence-corrected chi connectivity index (χ4v) is 2.01. The quantitative estimate of drug-likeness (QED) is 0.608. The van der Waals surface area contributed by atoms with Gasteiger partial charge in [-0.1, -0.05) is 5.92 Å². The second kappa shape index (κ2) is 7.33. The summed E-state index contributed by atoms with van der Waals surface area (Å²) in [5, 5.41) is 2.45. The molecule has 0 aliphatic carbocycles. The van der Waals surface area contributed by atoms with Crippen LogP contribution in [0, 0.1) is 12.3 Å². The predicted molar refractivity (Wildman–Crippen MR) is 81.5 cm³/mol. The standard InChI is InChI=1S/C15H16N4O3/c1-3-7-17-14(20)12-15(21)19(9-5-10-22-2)13-11(18-12)6-4-8-16-13/h1,4,6,8H,5,7,9-10H2,2H3,(H,17,20). The maximum atomic E-state index is 12.5. The molecule has 0 atom stereocenters. The number of carbonyl (C=O) groups is 1. The summed E-state index contributed by atoms with van der Waals surface area (Å²) in [6, 6.07) is 3.40. The zero-order chi connectivity index (χ0) is 15.9. The van der Waals surface area contributed by atoms with Crippen LogP contribution in [-0.2, 0) is 11.3 Å². The highest BCUT2D eigenvalue weighted by atomic mass is 16.5. The van der Waals surface area contributed by atoms with Gasteiger partial charge in [0.25, 0.3) is 11.5 Å². The molecule has 0 saturated heterocycles. The number of nitrogens with one attached hydrogen (secondary N) is 1. The molecule has 22 heavy (non-hydrogen) atoms. The average molecular weight is 300 g/mol. The van der Waals surface area contributed by atoms with E-state index in [0.29, 0.717) is 30.7 Å². The highest BCUT2D eigenvalue weighted by molar-refractivity contribution is 5.93. The van der Waals surface area contributed by atoms with Crippen molar-refractivity contribution < 1.29 is 9.53 Å². The lowest BCUT2D eigenvalue weighted by Crippen LogP contribution is -2.35. The molecule has 2 rings (SSSR count). The van der Waals surface area contributed by atoms with E-state index in [9.17, 15) is 9.59 Å². The number of hydrogen-bond acceptors (Lipinski definition) is 5. The van der Waals surface area contributed by atoms with Crippen LogP contribution in [0.25, 0.3) is 11.2 Å². The third-order valence-electron chi connectivity index (χ3n) is 3.00. The van der Waals surface area contributed by atoms with Crippen LogP contribution >= 0.6 is 0 Å². The van der Waals surface area contributed by atoms with Crippen molar-refractivity contribution >= 4 is 17.1 Å². The number of pyridine rings is 1. The molecule has 0 saturated carbocycles. The molecule has 0 fully saturated rings. The van der Waals surface area contributed by atoms with Crippen molar-refractivity contribution in [3.05, 3.63) is 34.4 Å². The molecule has 0 bridgehead atoms. The summed E-state index contributed by atoms with van der Waals surface area (Å²) in [5.41, 5.74) is 0.243. The smallest absolute Gasteiger partial charge is 0.283 e. The molecule has 2 aromatic rings. The molecule has 1 amide bonds. The molecular formula is C15H16N4O3. The summed E-state index contributed by atoms with van der Waals surface area (Å²) >= 11 is 0. The molecule has 0 radical (unpaired) electrons. The molecular weight excluding hydrogens is 284 g/mol. The van der Waals surface area contributed by atoms with Gasteiger partial charge >= 0.3 is 0 Å². The Morgan fingerprint density at radius 1 is 1.55 bits per heavy atom. The second-order valence-corrected chi connectivity index (χ2v) is 4.50. The molecule has 114 valence electrons. The Balaban J connectivity index is 2.50. The normalized spacial score (nSPS) is 10.4. The lowest BCUT2D eigenvalue weighted by molar-refractivity contribution is 0.0952. The molecule has 0 aromatic carbocycles. The van der Waals surface area contributed by atoms with E-state index in [2.05, 4.69) is 21.2 Å². The minimum atomic E-state index is -0.589. The van der Waals surface area contributed by atoms with E-state index in [1.165, 1.54) is 4.57 Å². The van der Waals surface area contributed by atoms with Gasteiger partial charge in [-0.15, -0.1) is 6.42 Å². The van der Waals surface area contributed by atoms with E-state index in [1.807, 2.05) is 0 Å². The third-order valence-corrected chi connectivity index (χ3v) is 3.00. The van der Waals surface area contributed by atoms with Crippen molar-refractivity contribution in [3.8, 4) is 12.3 Å². The highest BCUT2D eigenvalue weighted by Gasteiger charge is 2.17. The zero-order valence-corrected chi connectivity index (χ0v) is 12.2. The summed E-state index contributed by atoms with van der Waals surface area (Å²) in [7, 11) is 1.59. The minimum Gasteiger partial charge on any atom is -0.385 e. The minimum absolute atomic E-state index is 0.0364. The van der Waals surface area contributed by atoms with Gasteiger partial charge < -0.3 is 10.1 Å². The molecule has 0 aliphatic rings. The fourth-order valence-electron chi connectivity index (χ4n) is 2.01. The monoisotopic (exact) mass is 300 g/mol. The van der Waals surface area contributed by atoms with E-state index in [1.54, 1.807) is 25.4 Å². The van der Waals surface area contributed by atoms with Gasteiger partial charge in [0.2, 0.25) is 0 Å². The Morgan fingerprint density at radius 3 is 3.09 bits per heavy atom. The van der Waals surface area contributed by atoms with E-state index >= 15 is 0 Å². The summed E-state index contributed by atoms with van der Waals surface area (Å²) in [5.74, 6) is 1.70. The van der Waals surface area contributed by atoms with Crippen molar-refractivity contribution in [2.45, 2.75) is 13.0 Å². The Bertz CT molecular complexity index is 776. The van der Waals surface area contributed by atoms with Gasteiger partial charge in [-0.25, -0.2) is 9.97 Å². The first-order chi connectivity index (χ1) is 10.7. The summed E-state index contributed by atoms with van der Waals surface area (Å²) < 4.78 is 6.43. The number of ether oxygens (including phenoxy) is 1. The fraction of sp³-hybridized carbons (Fsp3) is 0.333. The van der Waals surface area contributed by atoms with Crippen LogP contribution in [0.4, 0.5) is 0 Å². The number of terminal acetylenes is 1. The molecule has 0 unspecified atom stereocenters. The first-order valence-electron chi connectivity index (χ1n) is 6.75. The molecule has 2 heterocycles. The van der Waals surface area contributed by atoms with Crippen molar-refractivity contribution in [1.29, 1.82) is 0 Å². The molecule has 2 aromatic heterocycles. The number of aryl methyl sites for hydroxylation is 1. The number of rotatable bonds is 6. The van der Waals surface area contributed by atoms with Gasteiger partial charge in [-0.3, -0.25) is 14.2 Å². The van der Waals surface area contributed by atoms with Crippen LogP contribution in [0.5, 0.6) is 0 Å².